The van der Waals surface area contributed by atoms with Gasteiger partial charge in [0.15, 0.2) is 0 Å². The Labute approximate surface area is 65.9 Å². The van der Waals surface area contributed by atoms with Crippen LogP contribution in [0.5, 0.6) is 0 Å². The molecule has 10 heavy (non-hydrogen) atoms. The minimum Gasteiger partial charge on any atom is -0.387 e. The van der Waals surface area contributed by atoms with Crippen molar-refractivity contribution < 1.29 is 0 Å². The minimum absolute atomic E-state index is 0.416. The molecule has 0 fully saturated rings. The molecule has 0 saturated carbocycles. The zero-order chi connectivity index (χ0) is 7.61. The smallest absolute Gasteiger partial charge is 0.128 e. The lowest BCUT2D eigenvalue weighted by Gasteiger charge is -2.22. The van der Waals surface area contributed by atoms with E-state index in [9.17, 15) is 0 Å². The van der Waals surface area contributed by atoms with Crippen LogP contribution in [0.4, 0.5) is 0 Å². The molecular weight excluding hydrogens is 148 g/mol. The Bertz CT molecular complexity index is 182. The lowest BCUT2D eigenvalue weighted by Crippen LogP contribution is -2.33. The molecule has 0 aromatic carbocycles. The summed E-state index contributed by atoms with van der Waals surface area (Å²) in [6.07, 6.45) is 5.71. The first-order valence-electron chi connectivity index (χ1n) is 3.18. The highest BCUT2D eigenvalue weighted by Crippen LogP contribution is 2.16. The summed E-state index contributed by atoms with van der Waals surface area (Å²) in [6.45, 7) is 1.90. The fourth-order valence-electron chi connectivity index (χ4n) is 0.717. The summed E-state index contributed by atoms with van der Waals surface area (Å²) >= 11 is 5.92. The van der Waals surface area contributed by atoms with E-state index in [2.05, 4.69) is 10.6 Å². The first-order chi connectivity index (χ1) is 4.64. The van der Waals surface area contributed by atoms with Crippen molar-refractivity contribution in [3.8, 4) is 0 Å². The zero-order valence-corrected chi connectivity index (χ0v) is 6.87. The maximum atomic E-state index is 5.92. The molecule has 1 rings (SSSR count). The van der Waals surface area contributed by atoms with Gasteiger partial charge in [0.1, 0.15) is 5.00 Å². The van der Waals surface area contributed by atoms with Gasteiger partial charge >= 0.3 is 0 Å². The van der Waals surface area contributed by atoms with Crippen LogP contribution in [0.25, 0.3) is 0 Å². The summed E-state index contributed by atoms with van der Waals surface area (Å²) < 4.78 is 0. The van der Waals surface area contributed by atoms with Crippen molar-refractivity contribution in [1.82, 2.24) is 10.6 Å². The predicted molar refractivity (Wildman–Crippen MR) is 43.7 cm³/mol. The van der Waals surface area contributed by atoms with Gasteiger partial charge in [-0.1, -0.05) is 11.6 Å². The molecule has 1 heterocycles. The fraction of sp³-hybridized carbons (Fsp3) is 0.429. The minimum atomic E-state index is -0.416. The van der Waals surface area contributed by atoms with Crippen molar-refractivity contribution in [3.63, 3.8) is 0 Å². The molecule has 2 N–H and O–H groups in total. The first-order valence-corrected chi connectivity index (χ1v) is 3.55. The molecule has 0 aromatic rings. The van der Waals surface area contributed by atoms with Gasteiger partial charge in [-0.05, 0) is 19.1 Å². The Balaban J connectivity index is 2.63. The summed E-state index contributed by atoms with van der Waals surface area (Å²) in [7, 11) is 1.87. The third-order valence-electron chi connectivity index (χ3n) is 1.37. The lowest BCUT2D eigenvalue weighted by molar-refractivity contribution is 0.672. The fourth-order valence-corrected chi connectivity index (χ4v) is 0.834. The van der Waals surface area contributed by atoms with Gasteiger partial charge in [-0.2, -0.15) is 0 Å². The monoisotopic (exact) mass is 158 g/mol. The molecule has 0 spiro atoms. The third-order valence-corrected chi connectivity index (χ3v) is 1.61. The largest absolute Gasteiger partial charge is 0.387 e. The van der Waals surface area contributed by atoms with Crippen LogP contribution in [0.2, 0.25) is 0 Å². The number of hydrogen-bond donors (Lipinski definition) is 2. The second kappa shape index (κ2) is 2.54. The van der Waals surface area contributed by atoms with E-state index in [0.29, 0.717) is 0 Å². The topological polar surface area (TPSA) is 24.1 Å². The second-order valence-electron chi connectivity index (χ2n) is 2.40. The Hall–Kier alpha value is -0.630. The van der Waals surface area contributed by atoms with Crippen LogP contribution in [0.1, 0.15) is 6.92 Å². The molecule has 1 atom stereocenters. The van der Waals surface area contributed by atoms with E-state index in [1.807, 2.05) is 32.3 Å². The Morgan fingerprint density at radius 2 is 2.40 bits per heavy atom. The average molecular weight is 159 g/mol. The number of likely N-dealkylation sites (N-methyl/N-ethyl adjacent to an activating group) is 1. The van der Waals surface area contributed by atoms with Crippen molar-refractivity contribution in [2.45, 2.75) is 11.9 Å². The van der Waals surface area contributed by atoms with Crippen LogP contribution in [0.3, 0.4) is 0 Å². The number of alkyl halides is 1. The molecule has 3 heteroatoms. The normalized spacial score (nSPS) is 30.9. The van der Waals surface area contributed by atoms with Gasteiger partial charge in [0.05, 0.1) is 0 Å². The van der Waals surface area contributed by atoms with E-state index >= 15 is 0 Å². The van der Waals surface area contributed by atoms with Crippen molar-refractivity contribution in [3.05, 3.63) is 24.0 Å². The maximum Gasteiger partial charge on any atom is 0.128 e. The predicted octanol–water partition coefficient (Wildman–Crippen LogP) is 1.16. The van der Waals surface area contributed by atoms with Crippen molar-refractivity contribution in [2.24, 2.45) is 0 Å². The molecular formula is C7H11ClN2. The average Bonchev–Trinajstić information content (AvgIpc) is 1.88. The summed E-state index contributed by atoms with van der Waals surface area (Å²) in [5.41, 5.74) is 1.04. The van der Waals surface area contributed by atoms with E-state index in [-0.39, 0.29) is 0 Å². The van der Waals surface area contributed by atoms with E-state index in [0.717, 1.165) is 5.70 Å². The molecule has 0 bridgehead atoms. The first kappa shape index (κ1) is 7.48. The van der Waals surface area contributed by atoms with Crippen LogP contribution < -0.4 is 10.6 Å². The van der Waals surface area contributed by atoms with E-state index in [4.69, 9.17) is 11.6 Å². The highest BCUT2D eigenvalue weighted by atomic mass is 35.5. The van der Waals surface area contributed by atoms with Gasteiger partial charge in [-0.3, -0.25) is 0 Å². The van der Waals surface area contributed by atoms with Gasteiger partial charge in [0.2, 0.25) is 0 Å². The Morgan fingerprint density at radius 3 is 2.80 bits per heavy atom. The molecule has 2 nitrogen and oxygen atoms in total. The van der Waals surface area contributed by atoms with Crippen LogP contribution in [-0.4, -0.2) is 12.0 Å². The Morgan fingerprint density at radius 1 is 1.70 bits per heavy atom. The van der Waals surface area contributed by atoms with Gasteiger partial charge in [0.25, 0.3) is 0 Å². The van der Waals surface area contributed by atoms with Crippen molar-refractivity contribution >= 4 is 11.6 Å². The van der Waals surface area contributed by atoms with Gasteiger partial charge in [-0.25, -0.2) is 0 Å². The van der Waals surface area contributed by atoms with Gasteiger partial charge < -0.3 is 10.6 Å². The maximum absolute atomic E-state index is 5.92. The summed E-state index contributed by atoms with van der Waals surface area (Å²) in [6, 6.07) is 0. The standard InChI is InChI=1S/C7H11ClN2/c1-7(8)4-3-6(9-2)5-10-7/h3-5,9-10H,1-2H3. The lowest BCUT2D eigenvalue weighted by atomic mass is 10.2. The van der Waals surface area contributed by atoms with Crippen LogP contribution >= 0.6 is 11.6 Å². The highest BCUT2D eigenvalue weighted by Gasteiger charge is 2.16. The number of rotatable bonds is 1. The van der Waals surface area contributed by atoms with E-state index < -0.39 is 5.00 Å². The van der Waals surface area contributed by atoms with E-state index in [1.54, 1.807) is 0 Å². The molecule has 0 radical (unpaired) electrons. The quantitative estimate of drug-likeness (QED) is 0.442. The summed E-state index contributed by atoms with van der Waals surface area (Å²) in [5, 5.41) is 6.01. The molecule has 0 aromatic heterocycles. The van der Waals surface area contributed by atoms with Crippen LogP contribution in [-0.2, 0) is 0 Å². The van der Waals surface area contributed by atoms with Gasteiger partial charge in [-0.15, -0.1) is 0 Å². The molecule has 56 valence electrons. The van der Waals surface area contributed by atoms with Crippen molar-refractivity contribution in [2.75, 3.05) is 7.05 Å². The summed E-state index contributed by atoms with van der Waals surface area (Å²) in [5.74, 6) is 0. The number of dihydropyridines is 1. The summed E-state index contributed by atoms with van der Waals surface area (Å²) in [4.78, 5) is -0.416. The molecule has 0 amide bonds. The molecule has 1 aliphatic rings. The zero-order valence-electron chi connectivity index (χ0n) is 6.11. The van der Waals surface area contributed by atoms with Gasteiger partial charge in [0, 0.05) is 18.9 Å². The number of halogens is 1. The molecule has 1 aliphatic heterocycles. The van der Waals surface area contributed by atoms with Crippen LogP contribution in [0.15, 0.2) is 24.0 Å². The Kier molecular flexibility index (Phi) is 1.90. The third kappa shape index (κ3) is 1.67. The highest BCUT2D eigenvalue weighted by molar-refractivity contribution is 6.24. The SMILES string of the molecule is CNC1=CNC(C)(Cl)C=C1. The number of allylic oxidation sites excluding steroid dienone is 1. The number of nitrogens with one attached hydrogen (secondary N) is 2. The second-order valence-corrected chi connectivity index (χ2v) is 3.19. The van der Waals surface area contributed by atoms with Crippen molar-refractivity contribution in [1.29, 1.82) is 0 Å². The number of hydrogen-bond acceptors (Lipinski definition) is 2. The van der Waals surface area contributed by atoms with E-state index in [1.165, 1.54) is 0 Å². The molecule has 0 saturated heterocycles. The molecule has 1 unspecified atom stereocenters. The molecule has 0 aliphatic carbocycles. The van der Waals surface area contributed by atoms with Crippen LogP contribution in [0, 0.1) is 0 Å².